The van der Waals surface area contributed by atoms with Crippen molar-refractivity contribution in [2.24, 2.45) is 17.6 Å². The minimum atomic E-state index is -0.814. The molecule has 1 aliphatic heterocycles. The lowest BCUT2D eigenvalue weighted by atomic mass is 10.1. The Morgan fingerprint density at radius 3 is 2.67 bits per heavy atom. The minimum absolute atomic E-state index is 0.00347. The molecule has 1 fully saturated rings. The van der Waals surface area contributed by atoms with Gasteiger partial charge in [-0.15, -0.1) is 0 Å². The molecule has 86 valence electrons. The second-order valence-electron chi connectivity index (χ2n) is 3.95. The Labute approximate surface area is 89.2 Å². The highest BCUT2D eigenvalue weighted by atomic mass is 16.4. The van der Waals surface area contributed by atoms with E-state index in [4.69, 9.17) is 10.8 Å². The number of carbonyl (C=O) groups excluding carboxylic acids is 1. The number of aliphatic carboxylic acids is 1. The quantitative estimate of drug-likeness (QED) is 0.684. The molecule has 1 rings (SSSR count). The maximum absolute atomic E-state index is 11.8. The number of carboxylic acids is 1. The number of amides is 1. The van der Waals surface area contributed by atoms with Gasteiger partial charge in [0.25, 0.3) is 0 Å². The first-order valence-corrected chi connectivity index (χ1v) is 5.31. The van der Waals surface area contributed by atoms with Gasteiger partial charge in [-0.25, -0.2) is 0 Å². The molecule has 0 bridgehead atoms. The number of carboxylic acid groups (broad SMARTS) is 1. The zero-order valence-electron chi connectivity index (χ0n) is 8.98. The summed E-state index contributed by atoms with van der Waals surface area (Å²) in [6.45, 7) is 3.14. The normalized spacial score (nSPS) is 22.8. The Kier molecular flexibility index (Phi) is 4.08. The molecule has 1 saturated heterocycles. The molecule has 1 amide bonds. The van der Waals surface area contributed by atoms with Crippen molar-refractivity contribution in [2.75, 3.05) is 19.6 Å². The van der Waals surface area contributed by atoms with E-state index in [9.17, 15) is 9.59 Å². The van der Waals surface area contributed by atoms with Crippen LogP contribution in [-0.2, 0) is 9.59 Å². The Morgan fingerprint density at radius 1 is 1.60 bits per heavy atom. The average molecular weight is 214 g/mol. The van der Waals surface area contributed by atoms with Crippen LogP contribution in [0.3, 0.4) is 0 Å². The second kappa shape index (κ2) is 5.11. The van der Waals surface area contributed by atoms with Crippen LogP contribution < -0.4 is 5.73 Å². The standard InChI is InChI=1S/C10H18N2O3/c1-2-7(5-11)9(13)12-4-3-8(6-12)10(14)15/h7-8H,2-6,11H2,1H3,(H,14,15). The molecule has 2 unspecified atom stereocenters. The van der Waals surface area contributed by atoms with Crippen molar-refractivity contribution in [3.05, 3.63) is 0 Å². The zero-order valence-corrected chi connectivity index (χ0v) is 8.98. The summed E-state index contributed by atoms with van der Waals surface area (Å²) < 4.78 is 0. The number of hydrogen-bond donors (Lipinski definition) is 2. The van der Waals surface area contributed by atoms with Gasteiger partial charge in [-0.2, -0.15) is 0 Å². The summed E-state index contributed by atoms with van der Waals surface area (Å²) in [6.07, 6.45) is 1.27. The van der Waals surface area contributed by atoms with Gasteiger partial charge in [0.1, 0.15) is 0 Å². The number of hydrogen-bond acceptors (Lipinski definition) is 3. The topological polar surface area (TPSA) is 83.6 Å². The van der Waals surface area contributed by atoms with E-state index in [1.54, 1.807) is 4.90 Å². The molecule has 5 heteroatoms. The summed E-state index contributed by atoms with van der Waals surface area (Å²) in [6, 6.07) is 0. The maximum atomic E-state index is 11.8. The average Bonchev–Trinajstić information content (AvgIpc) is 2.68. The molecule has 1 heterocycles. The van der Waals surface area contributed by atoms with Crippen molar-refractivity contribution >= 4 is 11.9 Å². The molecule has 5 nitrogen and oxygen atoms in total. The van der Waals surface area contributed by atoms with Crippen molar-refractivity contribution in [2.45, 2.75) is 19.8 Å². The van der Waals surface area contributed by atoms with Gasteiger partial charge in [0.05, 0.1) is 11.8 Å². The fourth-order valence-electron chi connectivity index (χ4n) is 1.86. The highest BCUT2D eigenvalue weighted by Crippen LogP contribution is 2.19. The second-order valence-corrected chi connectivity index (χ2v) is 3.95. The molecule has 0 aliphatic carbocycles. The summed E-state index contributed by atoms with van der Waals surface area (Å²) in [5, 5.41) is 8.80. The number of rotatable bonds is 4. The number of carbonyl (C=O) groups is 2. The van der Waals surface area contributed by atoms with Crippen LogP contribution in [-0.4, -0.2) is 41.5 Å². The van der Waals surface area contributed by atoms with Crippen molar-refractivity contribution in [1.29, 1.82) is 0 Å². The third kappa shape index (κ3) is 2.68. The van der Waals surface area contributed by atoms with Crippen molar-refractivity contribution in [3.63, 3.8) is 0 Å². The Hall–Kier alpha value is -1.10. The number of likely N-dealkylation sites (tertiary alicyclic amines) is 1. The monoisotopic (exact) mass is 214 g/mol. The van der Waals surface area contributed by atoms with Crippen LogP contribution in [0.5, 0.6) is 0 Å². The van der Waals surface area contributed by atoms with Gasteiger partial charge >= 0.3 is 5.97 Å². The van der Waals surface area contributed by atoms with Gasteiger partial charge < -0.3 is 15.7 Å². The van der Waals surface area contributed by atoms with E-state index in [1.807, 2.05) is 6.92 Å². The molecule has 0 radical (unpaired) electrons. The SMILES string of the molecule is CCC(CN)C(=O)N1CCC(C(=O)O)C1. The van der Waals surface area contributed by atoms with E-state index in [1.165, 1.54) is 0 Å². The maximum Gasteiger partial charge on any atom is 0.308 e. The highest BCUT2D eigenvalue weighted by Gasteiger charge is 2.32. The molecule has 3 N–H and O–H groups in total. The number of nitrogens with two attached hydrogens (primary N) is 1. The van der Waals surface area contributed by atoms with E-state index in [-0.39, 0.29) is 11.8 Å². The van der Waals surface area contributed by atoms with Crippen molar-refractivity contribution in [3.8, 4) is 0 Å². The van der Waals surface area contributed by atoms with E-state index in [0.717, 1.165) is 0 Å². The smallest absolute Gasteiger partial charge is 0.308 e. The van der Waals surface area contributed by atoms with Crippen LogP contribution in [0.1, 0.15) is 19.8 Å². The molecule has 2 atom stereocenters. The third-order valence-electron chi connectivity index (χ3n) is 2.98. The van der Waals surface area contributed by atoms with Crippen LogP contribution in [0, 0.1) is 11.8 Å². The lowest BCUT2D eigenvalue weighted by Gasteiger charge is -2.21. The van der Waals surface area contributed by atoms with Crippen LogP contribution >= 0.6 is 0 Å². The Morgan fingerprint density at radius 2 is 2.27 bits per heavy atom. The molecule has 1 aliphatic rings. The van der Waals surface area contributed by atoms with Crippen LogP contribution in [0.25, 0.3) is 0 Å². The molecule has 0 spiro atoms. The molecule has 0 saturated carbocycles. The van der Waals surface area contributed by atoms with Gasteiger partial charge in [-0.1, -0.05) is 6.92 Å². The van der Waals surface area contributed by atoms with E-state index in [0.29, 0.717) is 32.5 Å². The van der Waals surface area contributed by atoms with Gasteiger partial charge in [-0.3, -0.25) is 9.59 Å². The fraction of sp³-hybridized carbons (Fsp3) is 0.800. The van der Waals surface area contributed by atoms with E-state index in [2.05, 4.69) is 0 Å². The van der Waals surface area contributed by atoms with E-state index < -0.39 is 11.9 Å². The first-order valence-electron chi connectivity index (χ1n) is 5.31. The summed E-state index contributed by atoms with van der Waals surface area (Å²) in [5.74, 6) is -1.36. The molecule has 15 heavy (non-hydrogen) atoms. The summed E-state index contributed by atoms with van der Waals surface area (Å²) in [7, 11) is 0. The van der Waals surface area contributed by atoms with Gasteiger partial charge in [-0.05, 0) is 12.8 Å². The van der Waals surface area contributed by atoms with Gasteiger partial charge in [0.2, 0.25) is 5.91 Å². The molecular formula is C10H18N2O3. The summed E-state index contributed by atoms with van der Waals surface area (Å²) in [4.78, 5) is 24.2. The molecule has 0 aromatic rings. The first kappa shape index (κ1) is 12.0. The third-order valence-corrected chi connectivity index (χ3v) is 2.98. The first-order chi connectivity index (χ1) is 7.10. The lowest BCUT2D eigenvalue weighted by Crippen LogP contribution is -2.38. The summed E-state index contributed by atoms with van der Waals surface area (Å²) >= 11 is 0. The molecular weight excluding hydrogens is 196 g/mol. The minimum Gasteiger partial charge on any atom is -0.481 e. The Balaban J connectivity index is 2.53. The van der Waals surface area contributed by atoms with E-state index >= 15 is 0 Å². The fourth-order valence-corrected chi connectivity index (χ4v) is 1.86. The van der Waals surface area contributed by atoms with Gasteiger partial charge in [0, 0.05) is 19.6 Å². The Bertz CT molecular complexity index is 251. The predicted molar refractivity (Wildman–Crippen MR) is 55.2 cm³/mol. The lowest BCUT2D eigenvalue weighted by molar-refractivity contribution is -0.141. The number of nitrogens with zero attached hydrogens (tertiary/aromatic N) is 1. The van der Waals surface area contributed by atoms with Crippen LogP contribution in [0.2, 0.25) is 0 Å². The van der Waals surface area contributed by atoms with Crippen LogP contribution in [0.15, 0.2) is 0 Å². The van der Waals surface area contributed by atoms with Crippen molar-refractivity contribution < 1.29 is 14.7 Å². The molecule has 0 aromatic carbocycles. The van der Waals surface area contributed by atoms with Crippen molar-refractivity contribution in [1.82, 2.24) is 4.90 Å². The zero-order chi connectivity index (χ0) is 11.4. The summed E-state index contributed by atoms with van der Waals surface area (Å²) in [5.41, 5.74) is 5.48. The molecule has 0 aromatic heterocycles. The van der Waals surface area contributed by atoms with Crippen LogP contribution in [0.4, 0.5) is 0 Å². The largest absolute Gasteiger partial charge is 0.481 e. The van der Waals surface area contributed by atoms with Gasteiger partial charge in [0.15, 0.2) is 0 Å². The predicted octanol–water partition coefficient (Wildman–Crippen LogP) is -0.0956. The highest BCUT2D eigenvalue weighted by molar-refractivity contribution is 5.80.